The van der Waals surface area contributed by atoms with Gasteiger partial charge in [-0.05, 0) is 18.4 Å². The van der Waals surface area contributed by atoms with Gasteiger partial charge in [0.1, 0.15) is 0 Å². The SMILES string of the molecule is CNC(=O)NC(=O)[C@@H](C)N1CCN(C(=O)C[C@H](C)c2ccccc2)CC1. The van der Waals surface area contributed by atoms with Crippen LogP contribution in [0, 0.1) is 0 Å². The molecule has 1 heterocycles. The maximum absolute atomic E-state index is 12.6. The van der Waals surface area contributed by atoms with E-state index in [9.17, 15) is 14.4 Å². The molecule has 7 nitrogen and oxygen atoms in total. The van der Waals surface area contributed by atoms with Crippen LogP contribution in [0.5, 0.6) is 0 Å². The van der Waals surface area contributed by atoms with E-state index in [2.05, 4.69) is 17.6 Å². The van der Waals surface area contributed by atoms with Crippen LogP contribution in [0.25, 0.3) is 0 Å². The Morgan fingerprint density at radius 3 is 2.23 bits per heavy atom. The molecule has 1 saturated heterocycles. The molecular weight excluding hydrogens is 332 g/mol. The molecule has 0 aromatic heterocycles. The average Bonchev–Trinajstić information content (AvgIpc) is 2.67. The first-order chi connectivity index (χ1) is 12.4. The number of carbonyl (C=O) groups excluding carboxylic acids is 3. The van der Waals surface area contributed by atoms with E-state index in [1.165, 1.54) is 12.6 Å². The summed E-state index contributed by atoms with van der Waals surface area (Å²) >= 11 is 0. The van der Waals surface area contributed by atoms with Crippen molar-refractivity contribution in [2.45, 2.75) is 32.2 Å². The highest BCUT2D eigenvalue weighted by atomic mass is 16.2. The van der Waals surface area contributed by atoms with Crippen LogP contribution in [0.1, 0.15) is 31.7 Å². The number of nitrogens with one attached hydrogen (secondary N) is 2. The number of imide groups is 1. The predicted octanol–water partition coefficient (Wildman–Crippen LogP) is 1.17. The molecule has 1 aromatic rings. The first-order valence-corrected chi connectivity index (χ1v) is 9.01. The van der Waals surface area contributed by atoms with Gasteiger partial charge < -0.3 is 10.2 Å². The molecule has 2 N–H and O–H groups in total. The zero-order chi connectivity index (χ0) is 19.1. The number of hydrogen-bond donors (Lipinski definition) is 2. The predicted molar refractivity (Wildman–Crippen MR) is 99.7 cm³/mol. The van der Waals surface area contributed by atoms with Gasteiger partial charge in [0.05, 0.1) is 6.04 Å². The van der Waals surface area contributed by atoms with Gasteiger partial charge in [0.15, 0.2) is 0 Å². The van der Waals surface area contributed by atoms with E-state index in [-0.39, 0.29) is 17.7 Å². The van der Waals surface area contributed by atoms with Crippen LogP contribution in [-0.2, 0) is 9.59 Å². The Bertz CT molecular complexity index is 627. The van der Waals surface area contributed by atoms with Crippen molar-refractivity contribution in [3.8, 4) is 0 Å². The molecule has 0 unspecified atom stereocenters. The quantitative estimate of drug-likeness (QED) is 0.826. The summed E-state index contributed by atoms with van der Waals surface area (Å²) in [5.41, 5.74) is 1.17. The molecular formula is C19H28N4O3. The summed E-state index contributed by atoms with van der Waals surface area (Å²) in [5, 5.41) is 4.66. The smallest absolute Gasteiger partial charge is 0.321 e. The molecule has 0 radical (unpaired) electrons. The number of hydrogen-bond acceptors (Lipinski definition) is 4. The second-order valence-corrected chi connectivity index (χ2v) is 6.68. The normalized spacial score (nSPS) is 17.3. The lowest BCUT2D eigenvalue weighted by molar-refractivity contribution is -0.134. The van der Waals surface area contributed by atoms with E-state index in [4.69, 9.17) is 0 Å². The summed E-state index contributed by atoms with van der Waals surface area (Å²) in [4.78, 5) is 39.7. The van der Waals surface area contributed by atoms with Gasteiger partial charge in [0.25, 0.3) is 0 Å². The van der Waals surface area contributed by atoms with Crippen LogP contribution in [-0.4, -0.2) is 66.9 Å². The molecule has 7 heteroatoms. The summed E-state index contributed by atoms with van der Waals surface area (Å²) in [6, 6.07) is 9.11. The summed E-state index contributed by atoms with van der Waals surface area (Å²) in [7, 11) is 1.47. The average molecular weight is 360 g/mol. The zero-order valence-electron chi connectivity index (χ0n) is 15.7. The van der Waals surface area contributed by atoms with Crippen LogP contribution < -0.4 is 10.6 Å². The molecule has 26 heavy (non-hydrogen) atoms. The van der Waals surface area contributed by atoms with Crippen molar-refractivity contribution in [1.82, 2.24) is 20.4 Å². The molecule has 2 atom stereocenters. The molecule has 4 amide bonds. The summed E-state index contributed by atoms with van der Waals surface area (Å²) < 4.78 is 0. The first kappa shape index (κ1) is 19.9. The van der Waals surface area contributed by atoms with Gasteiger partial charge in [0.2, 0.25) is 11.8 Å². The lowest BCUT2D eigenvalue weighted by Gasteiger charge is -2.37. The molecule has 1 fully saturated rings. The van der Waals surface area contributed by atoms with Gasteiger partial charge in [0, 0.05) is 39.6 Å². The van der Waals surface area contributed by atoms with E-state index in [0.29, 0.717) is 32.6 Å². The minimum absolute atomic E-state index is 0.142. The van der Waals surface area contributed by atoms with E-state index >= 15 is 0 Å². The van der Waals surface area contributed by atoms with E-state index in [1.807, 2.05) is 40.1 Å². The van der Waals surface area contributed by atoms with Gasteiger partial charge in [-0.3, -0.25) is 19.8 Å². The fourth-order valence-electron chi connectivity index (χ4n) is 3.09. The monoisotopic (exact) mass is 360 g/mol. The molecule has 2 rings (SSSR count). The summed E-state index contributed by atoms with van der Waals surface area (Å²) in [6.45, 7) is 6.26. The van der Waals surface area contributed by atoms with Gasteiger partial charge >= 0.3 is 6.03 Å². The Hall–Kier alpha value is -2.41. The number of benzene rings is 1. The van der Waals surface area contributed by atoms with Crippen molar-refractivity contribution in [2.75, 3.05) is 33.2 Å². The minimum atomic E-state index is -0.509. The van der Waals surface area contributed by atoms with Crippen molar-refractivity contribution in [3.05, 3.63) is 35.9 Å². The number of piperazine rings is 1. The highest BCUT2D eigenvalue weighted by Gasteiger charge is 2.28. The number of nitrogens with zero attached hydrogens (tertiary/aromatic N) is 2. The molecule has 1 aliphatic rings. The van der Waals surface area contributed by atoms with Crippen LogP contribution in [0.15, 0.2) is 30.3 Å². The largest absolute Gasteiger partial charge is 0.341 e. The third kappa shape index (κ3) is 5.29. The van der Waals surface area contributed by atoms with Crippen LogP contribution in [0.2, 0.25) is 0 Å². The third-order valence-electron chi connectivity index (χ3n) is 4.91. The third-order valence-corrected chi connectivity index (χ3v) is 4.91. The lowest BCUT2D eigenvalue weighted by Crippen LogP contribution is -2.56. The maximum Gasteiger partial charge on any atom is 0.321 e. The van der Waals surface area contributed by atoms with Crippen molar-refractivity contribution in [3.63, 3.8) is 0 Å². The number of urea groups is 1. The fraction of sp³-hybridized carbons (Fsp3) is 0.526. The molecule has 0 saturated carbocycles. The van der Waals surface area contributed by atoms with Gasteiger partial charge in [-0.25, -0.2) is 4.79 Å². The Balaban J connectivity index is 1.81. The summed E-state index contributed by atoms with van der Waals surface area (Å²) in [6.07, 6.45) is 0.483. The van der Waals surface area contributed by atoms with E-state index < -0.39 is 12.1 Å². The van der Waals surface area contributed by atoms with Crippen molar-refractivity contribution < 1.29 is 14.4 Å². The zero-order valence-corrected chi connectivity index (χ0v) is 15.7. The Kier molecular flexibility index (Phi) is 7.15. The second kappa shape index (κ2) is 9.33. The molecule has 0 bridgehead atoms. The van der Waals surface area contributed by atoms with Crippen molar-refractivity contribution in [2.24, 2.45) is 0 Å². The fourth-order valence-corrected chi connectivity index (χ4v) is 3.09. The summed E-state index contributed by atoms with van der Waals surface area (Å²) in [5.74, 6) is -0.00992. The molecule has 142 valence electrons. The topological polar surface area (TPSA) is 81.8 Å². The van der Waals surface area contributed by atoms with Crippen LogP contribution in [0.3, 0.4) is 0 Å². The Labute approximate surface area is 154 Å². The molecule has 0 spiro atoms. The number of carbonyl (C=O) groups is 3. The number of amides is 4. The molecule has 1 aliphatic heterocycles. The van der Waals surface area contributed by atoms with Crippen molar-refractivity contribution >= 4 is 17.8 Å². The second-order valence-electron chi connectivity index (χ2n) is 6.68. The van der Waals surface area contributed by atoms with Crippen LogP contribution >= 0.6 is 0 Å². The van der Waals surface area contributed by atoms with Gasteiger partial charge in [-0.15, -0.1) is 0 Å². The molecule has 0 aliphatic carbocycles. The first-order valence-electron chi connectivity index (χ1n) is 9.01. The maximum atomic E-state index is 12.6. The Morgan fingerprint density at radius 2 is 1.65 bits per heavy atom. The molecule has 1 aromatic carbocycles. The standard InChI is InChI=1S/C19H28N4O3/c1-14(16-7-5-4-6-8-16)13-17(24)23-11-9-22(10-12-23)15(2)18(25)21-19(26)20-3/h4-8,14-15H,9-13H2,1-3H3,(H2,20,21,25,26)/t14-,15+/m0/s1. The minimum Gasteiger partial charge on any atom is -0.341 e. The number of rotatable bonds is 5. The highest BCUT2D eigenvalue weighted by molar-refractivity contribution is 5.96. The Morgan fingerprint density at radius 1 is 1.04 bits per heavy atom. The van der Waals surface area contributed by atoms with E-state index in [1.54, 1.807) is 6.92 Å². The highest BCUT2D eigenvalue weighted by Crippen LogP contribution is 2.20. The van der Waals surface area contributed by atoms with Gasteiger partial charge in [-0.1, -0.05) is 37.3 Å². The van der Waals surface area contributed by atoms with Gasteiger partial charge in [-0.2, -0.15) is 0 Å². The van der Waals surface area contributed by atoms with Crippen LogP contribution in [0.4, 0.5) is 4.79 Å². The van der Waals surface area contributed by atoms with E-state index in [0.717, 1.165) is 0 Å². The lowest BCUT2D eigenvalue weighted by atomic mass is 9.97. The van der Waals surface area contributed by atoms with Crippen molar-refractivity contribution in [1.29, 1.82) is 0 Å².